The van der Waals surface area contributed by atoms with Gasteiger partial charge in [-0.1, -0.05) is 23.4 Å². The van der Waals surface area contributed by atoms with Crippen molar-refractivity contribution in [3.05, 3.63) is 11.2 Å². The van der Waals surface area contributed by atoms with E-state index >= 15 is 0 Å². The van der Waals surface area contributed by atoms with E-state index in [-0.39, 0.29) is 12.5 Å². The Kier molecular flexibility index (Phi) is 4.82. The highest BCUT2D eigenvalue weighted by atomic mass is 35.5. The van der Waals surface area contributed by atoms with Crippen LogP contribution in [0.3, 0.4) is 0 Å². The van der Waals surface area contributed by atoms with Crippen molar-refractivity contribution < 1.29 is 9.53 Å². The summed E-state index contributed by atoms with van der Waals surface area (Å²) in [5, 5.41) is 0.922. The number of carbonyl (C=O) groups excluding carboxylic acids is 1. The van der Waals surface area contributed by atoms with Gasteiger partial charge in [-0.15, -0.1) is 0 Å². The molecule has 0 saturated carbocycles. The average molecular weight is 262 g/mol. The molecule has 1 heterocycles. The second-order valence-electron chi connectivity index (χ2n) is 2.97. The Labute approximate surface area is 103 Å². The quantitative estimate of drug-likeness (QED) is 0.354. The number of ether oxygens (including phenoxy) is 1. The second-order valence-corrected chi connectivity index (χ2v) is 4.13. The Hall–Kier alpha value is -1.01. The molecule has 0 amide bonds. The molecule has 0 aromatic carbocycles. The van der Waals surface area contributed by atoms with E-state index in [2.05, 4.69) is 14.7 Å². The Balaban J connectivity index is 2.86. The molecule has 88 valence electrons. The molecule has 16 heavy (non-hydrogen) atoms. The Morgan fingerprint density at radius 2 is 2.31 bits per heavy atom. The molecule has 0 unspecified atom stereocenters. The van der Waals surface area contributed by atoms with Gasteiger partial charge in [0.1, 0.15) is 17.5 Å². The summed E-state index contributed by atoms with van der Waals surface area (Å²) in [6, 6.07) is 1.60. The highest BCUT2D eigenvalue weighted by Gasteiger charge is 2.10. The first-order valence-electron chi connectivity index (χ1n) is 4.43. The maximum Gasteiger partial charge on any atom is 0.325 e. The number of hydrogen-bond acceptors (Lipinski definition) is 6. The van der Waals surface area contributed by atoms with E-state index in [4.69, 9.17) is 11.6 Å². The summed E-state index contributed by atoms with van der Waals surface area (Å²) in [5.74, 6) is 0.262. The standard InChI is InChI=1S/C9H12ClN3O2S/c1-13(5-8(14)15-2)7-4-6(10)11-9(12-7)16-3/h4H,5H2,1-3H3. The molecule has 0 aliphatic carbocycles. The summed E-state index contributed by atoms with van der Waals surface area (Å²) in [6.07, 6.45) is 1.86. The summed E-state index contributed by atoms with van der Waals surface area (Å²) in [5.41, 5.74) is 0. The Morgan fingerprint density at radius 1 is 1.62 bits per heavy atom. The van der Waals surface area contributed by atoms with Crippen molar-refractivity contribution in [2.24, 2.45) is 0 Å². The first-order chi connectivity index (χ1) is 7.56. The van der Waals surface area contributed by atoms with Crippen LogP contribution in [0, 0.1) is 0 Å². The molecule has 0 saturated heterocycles. The molecule has 5 nitrogen and oxygen atoms in total. The molecule has 1 aromatic rings. The lowest BCUT2D eigenvalue weighted by Crippen LogP contribution is -2.27. The molecular formula is C9H12ClN3O2S. The van der Waals surface area contributed by atoms with Crippen LogP contribution in [0.2, 0.25) is 5.15 Å². The van der Waals surface area contributed by atoms with Crippen molar-refractivity contribution in [1.82, 2.24) is 9.97 Å². The number of methoxy groups -OCH3 is 1. The molecule has 7 heteroatoms. The van der Waals surface area contributed by atoms with E-state index < -0.39 is 0 Å². The van der Waals surface area contributed by atoms with Crippen LogP contribution in [0.25, 0.3) is 0 Å². The average Bonchev–Trinajstić information content (AvgIpc) is 2.27. The largest absolute Gasteiger partial charge is 0.468 e. The van der Waals surface area contributed by atoms with E-state index in [1.165, 1.54) is 18.9 Å². The van der Waals surface area contributed by atoms with Crippen molar-refractivity contribution >= 4 is 35.1 Å². The Morgan fingerprint density at radius 3 is 2.88 bits per heavy atom. The monoisotopic (exact) mass is 261 g/mol. The van der Waals surface area contributed by atoms with Gasteiger partial charge in [0.2, 0.25) is 0 Å². The molecule has 1 aromatic heterocycles. The number of thioether (sulfide) groups is 1. The zero-order chi connectivity index (χ0) is 12.1. The fourth-order valence-corrected chi connectivity index (χ4v) is 1.61. The smallest absolute Gasteiger partial charge is 0.325 e. The first-order valence-corrected chi connectivity index (χ1v) is 6.03. The molecule has 0 aliphatic heterocycles. The molecule has 0 atom stereocenters. The van der Waals surface area contributed by atoms with Crippen molar-refractivity contribution in [2.75, 3.05) is 31.9 Å². The molecule has 0 spiro atoms. The van der Waals surface area contributed by atoms with Gasteiger partial charge in [-0.25, -0.2) is 9.97 Å². The summed E-state index contributed by atoms with van der Waals surface area (Å²) < 4.78 is 4.57. The zero-order valence-electron chi connectivity index (χ0n) is 9.23. The number of esters is 1. The SMILES string of the molecule is COC(=O)CN(C)c1cc(Cl)nc(SC)n1. The maximum atomic E-state index is 11.1. The third-order valence-corrected chi connectivity index (χ3v) is 2.57. The number of carbonyl (C=O) groups is 1. The lowest BCUT2D eigenvalue weighted by atomic mass is 10.5. The minimum atomic E-state index is -0.331. The van der Waals surface area contributed by atoms with Crippen LogP contribution in [0.15, 0.2) is 11.2 Å². The number of hydrogen-bond donors (Lipinski definition) is 0. The van der Waals surface area contributed by atoms with E-state index in [0.717, 1.165) is 0 Å². The van der Waals surface area contributed by atoms with Gasteiger partial charge in [-0.3, -0.25) is 4.79 Å². The van der Waals surface area contributed by atoms with Crippen molar-refractivity contribution in [2.45, 2.75) is 5.16 Å². The number of anilines is 1. The number of aromatic nitrogens is 2. The molecule has 0 aliphatic rings. The van der Waals surface area contributed by atoms with Crippen LogP contribution in [0.1, 0.15) is 0 Å². The van der Waals surface area contributed by atoms with Crippen LogP contribution >= 0.6 is 23.4 Å². The number of nitrogens with zero attached hydrogens (tertiary/aromatic N) is 3. The van der Waals surface area contributed by atoms with E-state index in [1.807, 2.05) is 6.26 Å². The van der Waals surface area contributed by atoms with E-state index in [0.29, 0.717) is 16.1 Å². The number of likely N-dealkylation sites (N-methyl/N-ethyl adjacent to an activating group) is 1. The third kappa shape index (κ3) is 3.53. The first kappa shape index (κ1) is 13.1. The lowest BCUT2D eigenvalue weighted by molar-refractivity contribution is -0.138. The highest BCUT2D eigenvalue weighted by Crippen LogP contribution is 2.19. The van der Waals surface area contributed by atoms with Gasteiger partial charge in [0.15, 0.2) is 5.16 Å². The van der Waals surface area contributed by atoms with Gasteiger partial charge < -0.3 is 9.64 Å². The van der Waals surface area contributed by atoms with Crippen LogP contribution in [0.4, 0.5) is 5.82 Å². The van der Waals surface area contributed by atoms with Crippen LogP contribution in [-0.4, -0.2) is 42.9 Å². The topological polar surface area (TPSA) is 55.3 Å². The van der Waals surface area contributed by atoms with Crippen LogP contribution in [-0.2, 0) is 9.53 Å². The van der Waals surface area contributed by atoms with Gasteiger partial charge in [-0.05, 0) is 6.26 Å². The highest BCUT2D eigenvalue weighted by molar-refractivity contribution is 7.98. The maximum absolute atomic E-state index is 11.1. The summed E-state index contributed by atoms with van der Waals surface area (Å²) in [7, 11) is 3.08. The van der Waals surface area contributed by atoms with Gasteiger partial charge >= 0.3 is 5.97 Å². The minimum Gasteiger partial charge on any atom is -0.468 e. The molecule has 0 radical (unpaired) electrons. The van der Waals surface area contributed by atoms with E-state index in [9.17, 15) is 4.79 Å². The summed E-state index contributed by atoms with van der Waals surface area (Å²) >= 11 is 7.23. The molecule has 1 rings (SSSR count). The molecule has 0 bridgehead atoms. The van der Waals surface area contributed by atoms with Gasteiger partial charge in [-0.2, -0.15) is 0 Å². The zero-order valence-corrected chi connectivity index (χ0v) is 10.8. The lowest BCUT2D eigenvalue weighted by Gasteiger charge is -2.16. The number of halogens is 1. The fraction of sp³-hybridized carbons (Fsp3) is 0.444. The molecule has 0 N–H and O–H groups in total. The third-order valence-electron chi connectivity index (χ3n) is 1.83. The van der Waals surface area contributed by atoms with Crippen molar-refractivity contribution in [3.8, 4) is 0 Å². The normalized spacial score (nSPS) is 10.0. The van der Waals surface area contributed by atoms with Crippen LogP contribution < -0.4 is 4.90 Å². The van der Waals surface area contributed by atoms with Gasteiger partial charge in [0.25, 0.3) is 0 Å². The van der Waals surface area contributed by atoms with Crippen molar-refractivity contribution in [1.29, 1.82) is 0 Å². The molecular weight excluding hydrogens is 250 g/mol. The van der Waals surface area contributed by atoms with Crippen molar-refractivity contribution in [3.63, 3.8) is 0 Å². The predicted octanol–water partition coefficient (Wildman–Crippen LogP) is 1.46. The predicted molar refractivity (Wildman–Crippen MR) is 64.1 cm³/mol. The second kappa shape index (κ2) is 5.91. The molecule has 0 fully saturated rings. The summed E-state index contributed by atoms with van der Waals surface area (Å²) in [4.78, 5) is 21.0. The summed E-state index contributed by atoms with van der Waals surface area (Å²) in [6.45, 7) is 0.123. The Bertz CT molecular complexity index is 389. The minimum absolute atomic E-state index is 0.123. The van der Waals surface area contributed by atoms with Gasteiger partial charge in [0.05, 0.1) is 7.11 Å². The fourth-order valence-electron chi connectivity index (χ4n) is 1.01. The van der Waals surface area contributed by atoms with Crippen LogP contribution in [0.5, 0.6) is 0 Å². The van der Waals surface area contributed by atoms with Gasteiger partial charge in [0, 0.05) is 13.1 Å². The number of rotatable bonds is 4. The van der Waals surface area contributed by atoms with E-state index in [1.54, 1.807) is 18.0 Å².